The lowest BCUT2D eigenvalue weighted by atomic mass is 10.2. The molecule has 1 aliphatic heterocycles. The minimum atomic E-state index is -3.44. The van der Waals surface area contributed by atoms with E-state index in [9.17, 15) is 13.2 Å². The van der Waals surface area contributed by atoms with Crippen LogP contribution in [0.25, 0.3) is 0 Å². The van der Waals surface area contributed by atoms with Crippen LogP contribution in [0.5, 0.6) is 0 Å². The van der Waals surface area contributed by atoms with Crippen molar-refractivity contribution in [2.24, 2.45) is 5.92 Å². The average Bonchev–Trinajstić information content (AvgIpc) is 2.53. The first-order valence-electron chi connectivity index (χ1n) is 7.90. The van der Waals surface area contributed by atoms with E-state index in [0.717, 1.165) is 18.8 Å². The molecular formula is C16H25N3O3S. The Morgan fingerprint density at radius 1 is 1.13 bits per heavy atom. The van der Waals surface area contributed by atoms with E-state index < -0.39 is 10.0 Å². The lowest BCUT2D eigenvalue weighted by molar-refractivity contribution is -0.129. The zero-order chi connectivity index (χ0) is 17.0. The second kappa shape index (κ2) is 7.31. The number of hydrogen-bond acceptors (Lipinski definition) is 4. The van der Waals surface area contributed by atoms with Gasteiger partial charge in [0.1, 0.15) is 0 Å². The van der Waals surface area contributed by atoms with Crippen molar-refractivity contribution in [1.29, 1.82) is 0 Å². The van der Waals surface area contributed by atoms with Crippen LogP contribution in [0.4, 0.5) is 5.69 Å². The second-order valence-corrected chi connectivity index (χ2v) is 8.00. The third-order valence-electron chi connectivity index (χ3n) is 3.92. The predicted molar refractivity (Wildman–Crippen MR) is 90.9 cm³/mol. The van der Waals surface area contributed by atoms with Crippen LogP contribution in [0.15, 0.2) is 29.2 Å². The number of hydrogen-bond donors (Lipinski definition) is 1. The Bertz CT molecular complexity index is 633. The zero-order valence-corrected chi connectivity index (χ0v) is 14.8. The summed E-state index contributed by atoms with van der Waals surface area (Å²) in [6.07, 6.45) is 0. The summed E-state index contributed by atoms with van der Waals surface area (Å²) in [5.74, 6) is 0.365. The predicted octanol–water partition coefficient (Wildman–Crippen LogP) is 1.29. The minimum Gasteiger partial charge on any atom is -0.368 e. The van der Waals surface area contributed by atoms with E-state index in [1.54, 1.807) is 19.1 Å². The molecular weight excluding hydrogens is 314 g/mol. The molecule has 1 saturated heterocycles. The van der Waals surface area contributed by atoms with Crippen LogP contribution in [0, 0.1) is 5.92 Å². The molecule has 0 atom stereocenters. The molecule has 0 saturated carbocycles. The third kappa shape index (κ3) is 4.68. The maximum atomic E-state index is 12.2. The van der Waals surface area contributed by atoms with Gasteiger partial charge in [-0.15, -0.1) is 0 Å². The number of sulfonamides is 1. The highest BCUT2D eigenvalue weighted by molar-refractivity contribution is 7.89. The van der Waals surface area contributed by atoms with Crippen molar-refractivity contribution in [2.75, 3.05) is 37.6 Å². The average molecular weight is 339 g/mol. The highest BCUT2D eigenvalue weighted by Gasteiger charge is 2.20. The van der Waals surface area contributed by atoms with Gasteiger partial charge in [0, 0.05) is 45.3 Å². The van der Waals surface area contributed by atoms with Crippen LogP contribution in [0.3, 0.4) is 0 Å². The molecule has 1 amide bonds. The minimum absolute atomic E-state index is 0.0994. The Labute approximate surface area is 138 Å². The van der Waals surface area contributed by atoms with Crippen molar-refractivity contribution < 1.29 is 13.2 Å². The molecule has 0 unspecified atom stereocenters. The van der Waals surface area contributed by atoms with Crippen LogP contribution < -0.4 is 9.62 Å². The molecule has 1 fully saturated rings. The number of piperazine rings is 1. The summed E-state index contributed by atoms with van der Waals surface area (Å²) in [6.45, 7) is 8.86. The van der Waals surface area contributed by atoms with Gasteiger partial charge in [-0.3, -0.25) is 4.79 Å². The molecule has 6 nitrogen and oxygen atoms in total. The lowest BCUT2D eigenvalue weighted by Crippen LogP contribution is -2.48. The molecule has 0 bridgehead atoms. The van der Waals surface area contributed by atoms with Gasteiger partial charge in [-0.1, -0.05) is 13.8 Å². The highest BCUT2D eigenvalue weighted by atomic mass is 32.2. The number of nitrogens with zero attached hydrogens (tertiary/aromatic N) is 2. The van der Waals surface area contributed by atoms with E-state index >= 15 is 0 Å². The van der Waals surface area contributed by atoms with Crippen LogP contribution in [-0.4, -0.2) is 51.9 Å². The fourth-order valence-electron chi connectivity index (χ4n) is 2.48. The maximum absolute atomic E-state index is 12.2. The van der Waals surface area contributed by atoms with Crippen molar-refractivity contribution in [3.8, 4) is 0 Å². The van der Waals surface area contributed by atoms with Gasteiger partial charge in [-0.25, -0.2) is 13.1 Å². The van der Waals surface area contributed by atoms with Gasteiger partial charge >= 0.3 is 0 Å². The third-order valence-corrected chi connectivity index (χ3v) is 5.36. The molecule has 1 aromatic rings. The van der Waals surface area contributed by atoms with E-state index in [2.05, 4.69) is 9.62 Å². The first-order valence-corrected chi connectivity index (χ1v) is 9.38. The number of nitrogens with one attached hydrogen (secondary N) is 1. The molecule has 0 aromatic heterocycles. The second-order valence-electron chi connectivity index (χ2n) is 6.23. The normalized spacial score (nSPS) is 16.0. The van der Waals surface area contributed by atoms with Crippen molar-refractivity contribution in [3.63, 3.8) is 0 Å². The van der Waals surface area contributed by atoms with Crippen molar-refractivity contribution in [3.05, 3.63) is 24.3 Å². The number of carbonyl (C=O) groups excluding carboxylic acids is 1. The number of benzene rings is 1. The molecule has 2 rings (SSSR count). The number of amides is 1. The fourth-order valence-corrected chi connectivity index (χ4v) is 3.69. The molecule has 1 aliphatic rings. The molecule has 23 heavy (non-hydrogen) atoms. The van der Waals surface area contributed by atoms with Gasteiger partial charge in [-0.05, 0) is 30.2 Å². The molecule has 1 aromatic carbocycles. The molecule has 1 heterocycles. The molecule has 128 valence electrons. The molecule has 7 heteroatoms. The van der Waals surface area contributed by atoms with Crippen LogP contribution >= 0.6 is 0 Å². The summed E-state index contributed by atoms with van der Waals surface area (Å²) in [7, 11) is -3.44. The van der Waals surface area contributed by atoms with E-state index in [4.69, 9.17) is 0 Å². The Kier molecular flexibility index (Phi) is 5.64. The highest BCUT2D eigenvalue weighted by Crippen LogP contribution is 2.19. The Morgan fingerprint density at radius 3 is 2.17 bits per heavy atom. The van der Waals surface area contributed by atoms with E-state index in [0.29, 0.717) is 19.6 Å². The Balaban J connectivity index is 2.01. The first kappa shape index (κ1) is 17.7. The standard InChI is InChI=1S/C16H25N3O3S/c1-13(2)12-17-23(21,22)16-6-4-15(5-7-16)19-10-8-18(9-11-19)14(3)20/h4-7,13,17H,8-12H2,1-3H3. The Morgan fingerprint density at radius 2 is 1.70 bits per heavy atom. The number of anilines is 1. The molecule has 0 spiro atoms. The van der Waals surface area contributed by atoms with Crippen molar-refractivity contribution >= 4 is 21.6 Å². The van der Waals surface area contributed by atoms with Gasteiger partial charge in [0.2, 0.25) is 15.9 Å². The lowest BCUT2D eigenvalue weighted by Gasteiger charge is -2.35. The van der Waals surface area contributed by atoms with E-state index in [1.807, 2.05) is 30.9 Å². The van der Waals surface area contributed by atoms with Crippen LogP contribution in [0.1, 0.15) is 20.8 Å². The molecule has 0 aliphatic carbocycles. The van der Waals surface area contributed by atoms with Crippen molar-refractivity contribution in [2.45, 2.75) is 25.7 Å². The largest absolute Gasteiger partial charge is 0.368 e. The smallest absolute Gasteiger partial charge is 0.240 e. The maximum Gasteiger partial charge on any atom is 0.240 e. The van der Waals surface area contributed by atoms with Gasteiger partial charge in [0.25, 0.3) is 0 Å². The monoisotopic (exact) mass is 339 g/mol. The van der Waals surface area contributed by atoms with Gasteiger partial charge in [0.15, 0.2) is 0 Å². The summed E-state index contributed by atoms with van der Waals surface area (Å²) in [6, 6.07) is 6.92. The van der Waals surface area contributed by atoms with Gasteiger partial charge in [0.05, 0.1) is 4.90 Å². The SMILES string of the molecule is CC(=O)N1CCN(c2ccc(S(=O)(=O)NCC(C)C)cc2)CC1. The summed E-state index contributed by atoms with van der Waals surface area (Å²) in [5.41, 5.74) is 0.982. The van der Waals surface area contributed by atoms with Crippen LogP contribution in [0.2, 0.25) is 0 Å². The van der Waals surface area contributed by atoms with Crippen LogP contribution in [-0.2, 0) is 14.8 Å². The van der Waals surface area contributed by atoms with Gasteiger partial charge in [-0.2, -0.15) is 0 Å². The summed E-state index contributed by atoms with van der Waals surface area (Å²) in [5, 5.41) is 0. The fraction of sp³-hybridized carbons (Fsp3) is 0.562. The topological polar surface area (TPSA) is 69.7 Å². The number of carbonyl (C=O) groups is 1. The molecule has 0 radical (unpaired) electrons. The van der Waals surface area contributed by atoms with Crippen molar-refractivity contribution in [1.82, 2.24) is 9.62 Å². The number of rotatable bonds is 5. The summed E-state index contributed by atoms with van der Waals surface area (Å²) < 4.78 is 27.0. The quantitative estimate of drug-likeness (QED) is 0.878. The summed E-state index contributed by atoms with van der Waals surface area (Å²) >= 11 is 0. The zero-order valence-electron chi connectivity index (χ0n) is 13.9. The summed E-state index contributed by atoms with van der Waals surface area (Å²) in [4.78, 5) is 15.6. The Hall–Kier alpha value is -1.60. The molecule has 1 N–H and O–H groups in total. The van der Waals surface area contributed by atoms with E-state index in [1.165, 1.54) is 0 Å². The van der Waals surface area contributed by atoms with E-state index in [-0.39, 0.29) is 16.7 Å². The van der Waals surface area contributed by atoms with Gasteiger partial charge < -0.3 is 9.80 Å². The first-order chi connectivity index (χ1) is 10.8.